The fraction of sp³-hybridized carbons (Fsp3) is 0.700. The molecule has 22 heavy (non-hydrogen) atoms. The van der Waals surface area contributed by atoms with Crippen LogP contribution in [-0.4, -0.2) is 8.32 Å². The average molecular weight is 319 g/mol. The van der Waals surface area contributed by atoms with Gasteiger partial charge in [0.25, 0.3) is 8.32 Å². The van der Waals surface area contributed by atoms with Gasteiger partial charge in [0.2, 0.25) is 0 Å². The summed E-state index contributed by atoms with van der Waals surface area (Å²) in [5, 5.41) is 0. The highest BCUT2D eigenvalue weighted by molar-refractivity contribution is 6.74. The van der Waals surface area contributed by atoms with Crippen LogP contribution in [0.25, 0.3) is 0 Å². The summed E-state index contributed by atoms with van der Waals surface area (Å²) < 4.78 is 6.77. The van der Waals surface area contributed by atoms with Crippen molar-refractivity contribution in [2.75, 3.05) is 0 Å². The van der Waals surface area contributed by atoms with Crippen LogP contribution in [-0.2, 0) is 12.8 Å². The molecule has 1 nitrogen and oxygen atoms in total. The number of hydrogen-bond acceptors (Lipinski definition) is 1. The summed E-state index contributed by atoms with van der Waals surface area (Å²) in [6.07, 6.45) is 10.4. The van der Waals surface area contributed by atoms with Crippen molar-refractivity contribution in [1.29, 1.82) is 0 Å². The Morgan fingerprint density at radius 3 is 2.00 bits per heavy atom. The fourth-order valence-electron chi connectivity index (χ4n) is 4.10. The van der Waals surface area contributed by atoms with Crippen LogP contribution in [0, 0.1) is 0 Å². The predicted octanol–water partition coefficient (Wildman–Crippen LogP) is 6.51. The monoisotopic (exact) mass is 318 g/mol. The van der Waals surface area contributed by atoms with Gasteiger partial charge in [0.1, 0.15) is 5.75 Å². The van der Waals surface area contributed by atoms with Crippen molar-refractivity contribution in [3.63, 3.8) is 0 Å². The van der Waals surface area contributed by atoms with E-state index in [2.05, 4.69) is 39.0 Å². The third-order valence-electron chi connectivity index (χ3n) is 5.02. The molecule has 1 aliphatic carbocycles. The van der Waals surface area contributed by atoms with Crippen molar-refractivity contribution in [2.24, 2.45) is 0 Å². The number of rotatable bonds is 8. The second kappa shape index (κ2) is 8.76. The molecule has 0 bridgehead atoms. The summed E-state index contributed by atoms with van der Waals surface area (Å²) in [6.45, 7) is 6.94. The Hall–Kier alpha value is -0.763. The summed E-state index contributed by atoms with van der Waals surface area (Å²) in [4.78, 5) is 0. The fourth-order valence-corrected chi connectivity index (χ4v) is 8.51. The van der Waals surface area contributed by atoms with Gasteiger partial charge in [-0.3, -0.25) is 0 Å². The first-order valence-electron chi connectivity index (χ1n) is 9.54. The molecule has 1 aromatic rings. The van der Waals surface area contributed by atoms with Crippen LogP contribution in [0.5, 0.6) is 5.75 Å². The molecule has 0 radical (unpaired) electrons. The zero-order valence-corrected chi connectivity index (χ0v) is 15.9. The van der Waals surface area contributed by atoms with Gasteiger partial charge in [-0.1, -0.05) is 52.5 Å². The largest absolute Gasteiger partial charge is 0.543 e. The lowest BCUT2D eigenvalue weighted by atomic mass is 10.0. The normalized spacial score (nSPS) is 15.2. The Kier molecular flexibility index (Phi) is 7.00. The number of fused-ring (bicyclic) bond motifs is 1. The van der Waals surface area contributed by atoms with Crippen LogP contribution >= 0.6 is 0 Å². The van der Waals surface area contributed by atoms with E-state index >= 15 is 0 Å². The van der Waals surface area contributed by atoms with E-state index in [1.54, 1.807) is 11.1 Å². The topological polar surface area (TPSA) is 9.23 Å². The highest BCUT2D eigenvalue weighted by Gasteiger charge is 2.34. The molecule has 0 atom stereocenters. The van der Waals surface area contributed by atoms with Crippen LogP contribution in [0.4, 0.5) is 0 Å². The van der Waals surface area contributed by atoms with Crippen molar-refractivity contribution >= 4 is 8.32 Å². The quantitative estimate of drug-likeness (QED) is 0.392. The van der Waals surface area contributed by atoms with Gasteiger partial charge in [0.15, 0.2) is 0 Å². The van der Waals surface area contributed by atoms with Gasteiger partial charge in [0, 0.05) is 0 Å². The molecule has 0 unspecified atom stereocenters. The van der Waals surface area contributed by atoms with Gasteiger partial charge in [0.05, 0.1) is 0 Å². The predicted molar refractivity (Wildman–Crippen MR) is 99.4 cm³/mol. The maximum Gasteiger partial charge on any atom is 0.251 e. The molecular formula is C20H34OSi. The third-order valence-corrected chi connectivity index (χ3v) is 9.92. The van der Waals surface area contributed by atoms with Gasteiger partial charge in [-0.15, -0.1) is 0 Å². The molecule has 0 aromatic heterocycles. The first kappa shape index (κ1) is 17.6. The Morgan fingerprint density at radius 2 is 1.41 bits per heavy atom. The van der Waals surface area contributed by atoms with E-state index in [1.165, 1.54) is 75.2 Å². The molecule has 2 rings (SSSR count). The lowest BCUT2D eigenvalue weighted by Crippen LogP contribution is -2.41. The third kappa shape index (κ3) is 4.61. The number of hydrogen-bond donors (Lipinski definition) is 0. The second-order valence-corrected chi connectivity index (χ2v) is 11.1. The summed E-state index contributed by atoms with van der Waals surface area (Å²) in [5.74, 6) is 1.17. The van der Waals surface area contributed by atoms with Crippen molar-refractivity contribution in [2.45, 2.75) is 90.3 Å². The van der Waals surface area contributed by atoms with E-state index < -0.39 is 8.32 Å². The minimum absolute atomic E-state index is 1.17. The lowest BCUT2D eigenvalue weighted by molar-refractivity contribution is 0.518. The first-order chi connectivity index (χ1) is 10.7. The van der Waals surface area contributed by atoms with Crippen LogP contribution in [0.2, 0.25) is 18.1 Å². The summed E-state index contributed by atoms with van der Waals surface area (Å²) in [6, 6.07) is 10.9. The van der Waals surface area contributed by atoms with Crippen LogP contribution in [0.15, 0.2) is 18.2 Å². The van der Waals surface area contributed by atoms with Crippen molar-refractivity contribution in [3.8, 4) is 5.75 Å². The molecule has 0 aliphatic heterocycles. The SMILES string of the molecule is CCC[Si](CCC)(CCC)Oc1ccc2c(c1)CCCCC2. The Balaban J connectivity index is 2.19. The maximum absolute atomic E-state index is 6.77. The van der Waals surface area contributed by atoms with E-state index in [1.807, 2.05) is 0 Å². The Labute approximate surface area is 138 Å². The summed E-state index contributed by atoms with van der Waals surface area (Å²) >= 11 is 0. The van der Waals surface area contributed by atoms with E-state index in [0.717, 1.165) is 0 Å². The van der Waals surface area contributed by atoms with Crippen LogP contribution in [0.1, 0.15) is 70.4 Å². The second-order valence-electron chi connectivity index (χ2n) is 7.03. The van der Waals surface area contributed by atoms with Crippen LogP contribution < -0.4 is 4.43 Å². The van der Waals surface area contributed by atoms with Gasteiger partial charge < -0.3 is 4.43 Å². The lowest BCUT2D eigenvalue weighted by Gasteiger charge is -2.32. The van der Waals surface area contributed by atoms with E-state index in [-0.39, 0.29) is 0 Å². The molecule has 2 heteroatoms. The minimum atomic E-state index is -1.59. The zero-order chi connectivity index (χ0) is 15.8. The van der Waals surface area contributed by atoms with E-state index in [4.69, 9.17) is 4.43 Å². The van der Waals surface area contributed by atoms with Crippen molar-refractivity contribution < 1.29 is 4.43 Å². The molecular weight excluding hydrogens is 284 g/mol. The molecule has 0 saturated carbocycles. The van der Waals surface area contributed by atoms with Crippen molar-refractivity contribution in [1.82, 2.24) is 0 Å². The smallest absolute Gasteiger partial charge is 0.251 e. The van der Waals surface area contributed by atoms with Crippen LogP contribution in [0.3, 0.4) is 0 Å². The van der Waals surface area contributed by atoms with Crippen molar-refractivity contribution in [3.05, 3.63) is 29.3 Å². The molecule has 124 valence electrons. The number of benzene rings is 1. The van der Waals surface area contributed by atoms with E-state index in [0.29, 0.717) is 0 Å². The molecule has 0 saturated heterocycles. The standard InChI is InChI=1S/C20H34OSi/c1-4-14-22(15-5-2,16-6-3)21-20-13-12-18-10-8-7-9-11-19(18)17-20/h12-13,17H,4-11,14-16H2,1-3H3. The zero-order valence-electron chi connectivity index (χ0n) is 14.9. The minimum Gasteiger partial charge on any atom is -0.543 e. The number of aryl methyl sites for hydroxylation is 2. The van der Waals surface area contributed by atoms with Gasteiger partial charge in [-0.2, -0.15) is 0 Å². The highest BCUT2D eigenvalue weighted by Crippen LogP contribution is 2.32. The Bertz CT molecular complexity index is 438. The Morgan fingerprint density at radius 1 is 0.818 bits per heavy atom. The van der Waals surface area contributed by atoms with Gasteiger partial charge in [-0.05, 0) is 67.1 Å². The summed E-state index contributed by atoms with van der Waals surface area (Å²) in [5.41, 5.74) is 3.13. The molecule has 1 aromatic carbocycles. The average Bonchev–Trinajstić information content (AvgIpc) is 2.73. The van der Waals surface area contributed by atoms with E-state index in [9.17, 15) is 0 Å². The molecule has 0 spiro atoms. The molecule has 0 amide bonds. The maximum atomic E-state index is 6.77. The molecule has 1 aliphatic rings. The molecule has 0 N–H and O–H groups in total. The van der Waals surface area contributed by atoms with Gasteiger partial charge in [-0.25, -0.2) is 0 Å². The molecule has 0 fully saturated rings. The first-order valence-corrected chi connectivity index (χ1v) is 12.1. The van der Waals surface area contributed by atoms with Gasteiger partial charge >= 0.3 is 0 Å². The highest BCUT2D eigenvalue weighted by atomic mass is 28.4. The summed E-state index contributed by atoms with van der Waals surface area (Å²) in [7, 11) is -1.59. The molecule has 0 heterocycles.